The topological polar surface area (TPSA) is 59.9 Å². The average molecular weight is 433 g/mol. The molecule has 0 unspecified atom stereocenters. The number of benzene rings is 2. The first-order chi connectivity index (χ1) is 12.7. The minimum atomic E-state index is -0.728. The van der Waals surface area contributed by atoms with Crippen LogP contribution in [0.25, 0.3) is 11.3 Å². The van der Waals surface area contributed by atoms with Crippen LogP contribution in [0.1, 0.15) is 18.7 Å². The monoisotopic (exact) mass is 432 g/mol. The van der Waals surface area contributed by atoms with Gasteiger partial charge in [-0.2, -0.15) is 4.98 Å². The van der Waals surface area contributed by atoms with Crippen molar-refractivity contribution in [2.45, 2.75) is 18.3 Å². The summed E-state index contributed by atoms with van der Waals surface area (Å²) in [7, 11) is 0. The third kappa shape index (κ3) is 3.26. The Balaban J connectivity index is 1.87. The fourth-order valence-electron chi connectivity index (χ4n) is 2.69. The molecule has 0 spiro atoms. The predicted octanol–water partition coefficient (Wildman–Crippen LogP) is 5.06. The summed E-state index contributed by atoms with van der Waals surface area (Å²) < 4.78 is 21.3. The number of hydrogen-bond acceptors (Lipinski definition) is 6. The van der Waals surface area contributed by atoms with Crippen LogP contribution < -0.4 is 10.1 Å². The number of hydrogen-bond donors (Lipinski definition) is 1. The van der Waals surface area contributed by atoms with Crippen LogP contribution in [0, 0.1) is 5.82 Å². The van der Waals surface area contributed by atoms with E-state index >= 15 is 0 Å². The minimum absolute atomic E-state index is 0.327. The van der Waals surface area contributed by atoms with Gasteiger partial charge in [0.25, 0.3) is 0 Å². The third-order valence-electron chi connectivity index (χ3n) is 3.85. The van der Waals surface area contributed by atoms with Crippen LogP contribution in [0.4, 0.5) is 10.1 Å². The number of halogens is 2. The highest BCUT2D eigenvalue weighted by molar-refractivity contribution is 9.10. The van der Waals surface area contributed by atoms with Crippen LogP contribution in [0.5, 0.6) is 5.88 Å². The molecular formula is C18H14BrFN4OS. The van der Waals surface area contributed by atoms with Gasteiger partial charge >= 0.3 is 0 Å². The molecule has 0 saturated heterocycles. The van der Waals surface area contributed by atoms with E-state index in [9.17, 15) is 4.39 Å². The minimum Gasteiger partial charge on any atom is -0.448 e. The molecule has 8 heteroatoms. The zero-order chi connectivity index (χ0) is 18.1. The van der Waals surface area contributed by atoms with Gasteiger partial charge in [0.05, 0.1) is 0 Å². The van der Waals surface area contributed by atoms with Crippen LogP contribution >= 0.6 is 27.7 Å². The van der Waals surface area contributed by atoms with Crippen LogP contribution in [0.3, 0.4) is 0 Å². The van der Waals surface area contributed by atoms with Crippen molar-refractivity contribution in [3.63, 3.8) is 0 Å². The molecule has 26 heavy (non-hydrogen) atoms. The molecule has 1 aliphatic rings. The molecule has 1 atom stereocenters. The standard InChI is InChI=1S/C18H14BrFN4OS/c1-2-26-18-22-17-15(23-24-18)12-9-10(19)7-8-14(12)21-16(25-17)11-5-3-4-6-13(11)20/h3-9,16,21H,2H2,1H3/t16-/m1/s1. The number of aromatic nitrogens is 3. The normalized spacial score (nSPS) is 15.3. The van der Waals surface area contributed by atoms with Gasteiger partial charge in [-0.1, -0.05) is 52.8 Å². The highest BCUT2D eigenvalue weighted by Gasteiger charge is 2.27. The lowest BCUT2D eigenvalue weighted by Gasteiger charge is -2.19. The molecule has 1 N–H and O–H groups in total. The summed E-state index contributed by atoms with van der Waals surface area (Å²) in [6, 6.07) is 12.2. The van der Waals surface area contributed by atoms with E-state index in [2.05, 4.69) is 36.4 Å². The Kier molecular flexibility index (Phi) is 4.78. The van der Waals surface area contributed by atoms with E-state index in [0.29, 0.717) is 22.3 Å². The van der Waals surface area contributed by atoms with E-state index in [0.717, 1.165) is 21.5 Å². The van der Waals surface area contributed by atoms with Crippen molar-refractivity contribution >= 4 is 33.4 Å². The maximum atomic E-state index is 14.3. The van der Waals surface area contributed by atoms with Gasteiger partial charge in [-0.05, 0) is 30.0 Å². The molecule has 0 amide bonds. The number of nitrogens with zero attached hydrogens (tertiary/aromatic N) is 3. The maximum Gasteiger partial charge on any atom is 0.247 e. The molecular weight excluding hydrogens is 419 g/mol. The second-order valence-electron chi connectivity index (χ2n) is 5.53. The Hall–Kier alpha value is -2.19. The first kappa shape index (κ1) is 17.2. The van der Waals surface area contributed by atoms with Gasteiger partial charge in [0.15, 0.2) is 5.69 Å². The summed E-state index contributed by atoms with van der Waals surface area (Å²) in [5.41, 5.74) is 2.49. The Morgan fingerprint density at radius 1 is 1.23 bits per heavy atom. The SMILES string of the molecule is CCSc1nnc2c(n1)O[C@H](c1ccccc1F)Nc1ccc(Br)cc1-2. The molecule has 5 nitrogen and oxygen atoms in total. The zero-order valence-electron chi connectivity index (χ0n) is 13.7. The lowest BCUT2D eigenvalue weighted by Crippen LogP contribution is -2.18. The molecule has 0 radical (unpaired) electrons. The first-order valence-electron chi connectivity index (χ1n) is 8.00. The molecule has 1 aromatic heterocycles. The van der Waals surface area contributed by atoms with Gasteiger partial charge in [-0.3, -0.25) is 0 Å². The van der Waals surface area contributed by atoms with Crippen molar-refractivity contribution in [3.8, 4) is 17.1 Å². The summed E-state index contributed by atoms with van der Waals surface area (Å²) in [5, 5.41) is 12.3. The molecule has 0 fully saturated rings. The summed E-state index contributed by atoms with van der Waals surface area (Å²) >= 11 is 4.95. The average Bonchev–Trinajstić information content (AvgIpc) is 2.78. The van der Waals surface area contributed by atoms with Gasteiger partial charge in [-0.25, -0.2) is 4.39 Å². The largest absolute Gasteiger partial charge is 0.448 e. The molecule has 0 bridgehead atoms. The molecule has 1 aliphatic heterocycles. The van der Waals surface area contributed by atoms with Gasteiger partial charge < -0.3 is 10.1 Å². The summed E-state index contributed by atoms with van der Waals surface area (Å²) in [6.07, 6.45) is -0.728. The molecule has 0 aliphatic carbocycles. The van der Waals surface area contributed by atoms with Crippen molar-refractivity contribution in [1.29, 1.82) is 0 Å². The number of thioether (sulfide) groups is 1. The fraction of sp³-hybridized carbons (Fsp3) is 0.167. The molecule has 2 heterocycles. The van der Waals surface area contributed by atoms with E-state index in [1.807, 2.05) is 25.1 Å². The van der Waals surface area contributed by atoms with Crippen molar-refractivity contribution in [2.24, 2.45) is 0 Å². The quantitative estimate of drug-likeness (QED) is 0.583. The maximum absolute atomic E-state index is 14.3. The second-order valence-corrected chi connectivity index (χ2v) is 7.68. The highest BCUT2D eigenvalue weighted by Crippen LogP contribution is 2.41. The van der Waals surface area contributed by atoms with Gasteiger partial charge in [0, 0.05) is 21.3 Å². The van der Waals surface area contributed by atoms with Crippen molar-refractivity contribution in [3.05, 3.63) is 58.3 Å². The number of anilines is 1. The van der Waals surface area contributed by atoms with Gasteiger partial charge in [-0.15, -0.1) is 10.2 Å². The van der Waals surface area contributed by atoms with E-state index in [4.69, 9.17) is 4.74 Å². The van der Waals surface area contributed by atoms with Crippen molar-refractivity contribution in [1.82, 2.24) is 15.2 Å². The number of rotatable bonds is 3. The molecule has 2 aromatic carbocycles. The van der Waals surface area contributed by atoms with E-state index in [1.54, 1.807) is 18.2 Å². The zero-order valence-corrected chi connectivity index (χ0v) is 16.1. The van der Waals surface area contributed by atoms with Crippen LogP contribution in [-0.2, 0) is 0 Å². The molecule has 4 rings (SSSR count). The van der Waals surface area contributed by atoms with E-state index in [-0.39, 0.29) is 5.82 Å². The third-order valence-corrected chi connectivity index (χ3v) is 5.06. The van der Waals surface area contributed by atoms with Crippen LogP contribution in [0.15, 0.2) is 52.1 Å². The summed E-state index contributed by atoms with van der Waals surface area (Å²) in [4.78, 5) is 4.49. The molecule has 0 saturated carbocycles. The number of fused-ring (bicyclic) bond motifs is 3. The lowest BCUT2D eigenvalue weighted by molar-refractivity contribution is 0.220. The lowest BCUT2D eigenvalue weighted by atomic mass is 10.1. The first-order valence-corrected chi connectivity index (χ1v) is 9.78. The number of ether oxygens (including phenoxy) is 1. The Morgan fingerprint density at radius 2 is 2.08 bits per heavy atom. The molecule has 132 valence electrons. The number of nitrogens with one attached hydrogen (secondary N) is 1. The van der Waals surface area contributed by atoms with Crippen LogP contribution in [0.2, 0.25) is 0 Å². The van der Waals surface area contributed by atoms with E-state index in [1.165, 1.54) is 17.8 Å². The predicted molar refractivity (Wildman–Crippen MR) is 103 cm³/mol. The fourth-order valence-corrected chi connectivity index (χ4v) is 3.55. The highest BCUT2D eigenvalue weighted by atomic mass is 79.9. The molecule has 3 aromatic rings. The van der Waals surface area contributed by atoms with Gasteiger partial charge in [0.1, 0.15) is 5.82 Å². The smallest absolute Gasteiger partial charge is 0.247 e. The summed E-state index contributed by atoms with van der Waals surface area (Å²) in [6.45, 7) is 2.01. The Morgan fingerprint density at radius 3 is 2.88 bits per heavy atom. The summed E-state index contributed by atoms with van der Waals surface area (Å²) in [5.74, 6) is 0.795. The van der Waals surface area contributed by atoms with E-state index < -0.39 is 6.23 Å². The Bertz CT molecular complexity index is 972. The van der Waals surface area contributed by atoms with Crippen molar-refractivity contribution < 1.29 is 9.13 Å². The Labute approximate surface area is 162 Å². The van der Waals surface area contributed by atoms with Crippen LogP contribution in [-0.4, -0.2) is 20.9 Å². The van der Waals surface area contributed by atoms with Gasteiger partial charge in [0.2, 0.25) is 17.3 Å². The second kappa shape index (κ2) is 7.20. The van der Waals surface area contributed by atoms with Crippen molar-refractivity contribution in [2.75, 3.05) is 11.1 Å².